The largest absolute Gasteiger partial charge is 0.357 e. The lowest BCUT2D eigenvalue weighted by Crippen LogP contribution is -1.99. The van der Waals surface area contributed by atoms with Gasteiger partial charge < -0.3 is 5.32 Å². The van der Waals surface area contributed by atoms with Crippen LogP contribution in [0.25, 0.3) is 11.0 Å². The van der Waals surface area contributed by atoms with Crippen LogP contribution in [0.15, 0.2) is 11.2 Å². The summed E-state index contributed by atoms with van der Waals surface area (Å²) < 4.78 is 0. The molecule has 0 aliphatic heterocycles. The second kappa shape index (κ2) is 4.69. The van der Waals surface area contributed by atoms with E-state index in [2.05, 4.69) is 39.3 Å². The molecule has 0 radical (unpaired) electrons. The molecule has 5 nitrogen and oxygen atoms in total. The molecule has 0 aliphatic rings. The lowest BCUT2D eigenvalue weighted by molar-refractivity contribution is 0.749. The van der Waals surface area contributed by atoms with Crippen LogP contribution >= 0.6 is 11.8 Å². The van der Waals surface area contributed by atoms with E-state index in [9.17, 15) is 0 Å². The molecule has 2 aromatic rings. The lowest BCUT2D eigenvalue weighted by Gasteiger charge is -2.06. The molecule has 86 valence electrons. The number of aromatic nitrogens is 4. The van der Waals surface area contributed by atoms with Gasteiger partial charge in [-0.25, -0.2) is 4.98 Å². The second-order valence-electron chi connectivity index (χ2n) is 3.94. The second-order valence-corrected chi connectivity index (χ2v) is 4.95. The molecule has 6 heteroatoms. The molecule has 0 atom stereocenters. The van der Waals surface area contributed by atoms with Crippen molar-refractivity contribution in [1.29, 1.82) is 0 Å². The minimum absolute atomic E-state index is 0.628. The van der Waals surface area contributed by atoms with Crippen molar-refractivity contribution in [1.82, 2.24) is 20.2 Å². The summed E-state index contributed by atoms with van der Waals surface area (Å²) in [7, 11) is 1.81. The van der Waals surface area contributed by atoms with E-state index in [0.29, 0.717) is 11.9 Å². The van der Waals surface area contributed by atoms with Crippen LogP contribution < -0.4 is 5.32 Å². The first-order valence-corrected chi connectivity index (χ1v) is 6.21. The van der Waals surface area contributed by atoms with Gasteiger partial charge in [0.25, 0.3) is 0 Å². The normalized spacial score (nSPS) is 11.2. The first-order chi connectivity index (χ1) is 7.70. The molecule has 0 spiro atoms. The molecule has 0 saturated carbocycles. The monoisotopic (exact) mass is 237 g/mol. The first kappa shape index (κ1) is 11.2. The van der Waals surface area contributed by atoms with E-state index in [4.69, 9.17) is 0 Å². The lowest BCUT2D eigenvalue weighted by atomic mass is 10.3. The van der Waals surface area contributed by atoms with E-state index in [0.717, 1.165) is 21.8 Å². The molecular weight excluding hydrogens is 222 g/mol. The van der Waals surface area contributed by atoms with Crippen molar-refractivity contribution in [2.75, 3.05) is 18.1 Å². The molecule has 16 heavy (non-hydrogen) atoms. The average molecular weight is 237 g/mol. The fourth-order valence-electron chi connectivity index (χ4n) is 1.28. The smallest absolute Gasteiger partial charge is 0.225 e. The number of rotatable bonds is 4. The molecular formula is C10H15N5S. The van der Waals surface area contributed by atoms with Crippen molar-refractivity contribution < 1.29 is 0 Å². The van der Waals surface area contributed by atoms with Crippen LogP contribution in [0.4, 0.5) is 5.95 Å². The summed E-state index contributed by atoms with van der Waals surface area (Å²) in [6.07, 6.45) is 1.78. The zero-order chi connectivity index (χ0) is 11.5. The Morgan fingerprint density at radius 1 is 1.44 bits per heavy atom. The Morgan fingerprint density at radius 2 is 2.25 bits per heavy atom. The molecule has 0 aromatic carbocycles. The summed E-state index contributed by atoms with van der Waals surface area (Å²) in [5.74, 6) is 2.31. The van der Waals surface area contributed by atoms with Crippen LogP contribution in [0.1, 0.15) is 13.8 Å². The Balaban J connectivity index is 2.36. The van der Waals surface area contributed by atoms with Gasteiger partial charge in [0.05, 0.1) is 11.6 Å². The third-order valence-electron chi connectivity index (χ3n) is 2.05. The standard InChI is InChI=1S/C10H15N5S/c1-6(2)5-16-9-7-4-12-15-8(7)13-10(11-3)14-9/h4,6H,5H2,1-3H3,(H2,11,12,13,14,15). The Hall–Kier alpha value is -1.30. The summed E-state index contributed by atoms with van der Waals surface area (Å²) in [5.41, 5.74) is 0.783. The fraction of sp³-hybridized carbons (Fsp3) is 0.500. The minimum atomic E-state index is 0.628. The Labute approximate surface area is 98.4 Å². The minimum Gasteiger partial charge on any atom is -0.357 e. The van der Waals surface area contributed by atoms with Crippen molar-refractivity contribution in [3.05, 3.63) is 6.20 Å². The quantitative estimate of drug-likeness (QED) is 0.630. The molecule has 2 N–H and O–H groups in total. The summed E-state index contributed by atoms with van der Waals surface area (Å²) in [6.45, 7) is 4.39. The van der Waals surface area contributed by atoms with Gasteiger partial charge in [0, 0.05) is 12.8 Å². The molecule has 2 aromatic heterocycles. The maximum Gasteiger partial charge on any atom is 0.225 e. The van der Waals surface area contributed by atoms with Gasteiger partial charge >= 0.3 is 0 Å². The van der Waals surface area contributed by atoms with Gasteiger partial charge in [0.1, 0.15) is 5.03 Å². The SMILES string of the molecule is CNc1nc(SCC(C)C)c2cn[nH]c2n1. The van der Waals surface area contributed by atoms with Crippen LogP contribution in [0.5, 0.6) is 0 Å². The van der Waals surface area contributed by atoms with Crippen LogP contribution in [0.2, 0.25) is 0 Å². The maximum atomic E-state index is 4.44. The Kier molecular flexibility index (Phi) is 3.28. The Morgan fingerprint density at radius 3 is 2.94 bits per heavy atom. The molecule has 0 bridgehead atoms. The topological polar surface area (TPSA) is 66.5 Å². The predicted molar refractivity (Wildman–Crippen MR) is 66.8 cm³/mol. The summed E-state index contributed by atoms with van der Waals surface area (Å²) in [5, 5.41) is 11.8. The van der Waals surface area contributed by atoms with Gasteiger partial charge in [0.2, 0.25) is 5.95 Å². The highest BCUT2D eigenvalue weighted by molar-refractivity contribution is 7.99. The molecule has 0 amide bonds. The van der Waals surface area contributed by atoms with Gasteiger partial charge in [-0.15, -0.1) is 11.8 Å². The van der Waals surface area contributed by atoms with E-state index in [1.807, 2.05) is 7.05 Å². The highest BCUT2D eigenvalue weighted by atomic mass is 32.2. The molecule has 0 aliphatic carbocycles. The highest BCUT2D eigenvalue weighted by Gasteiger charge is 2.09. The highest BCUT2D eigenvalue weighted by Crippen LogP contribution is 2.26. The molecule has 0 fully saturated rings. The average Bonchev–Trinajstić information content (AvgIpc) is 2.73. The van der Waals surface area contributed by atoms with E-state index < -0.39 is 0 Å². The van der Waals surface area contributed by atoms with Gasteiger partial charge in [0.15, 0.2) is 5.65 Å². The number of aromatic amines is 1. The number of nitrogens with zero attached hydrogens (tertiary/aromatic N) is 3. The number of hydrogen-bond donors (Lipinski definition) is 2. The van der Waals surface area contributed by atoms with E-state index in [1.165, 1.54) is 0 Å². The first-order valence-electron chi connectivity index (χ1n) is 5.22. The van der Waals surface area contributed by atoms with Crippen molar-refractivity contribution >= 4 is 28.7 Å². The van der Waals surface area contributed by atoms with Crippen molar-refractivity contribution in [3.8, 4) is 0 Å². The summed E-state index contributed by atoms with van der Waals surface area (Å²) >= 11 is 1.74. The van der Waals surface area contributed by atoms with Crippen LogP contribution in [0, 0.1) is 5.92 Å². The van der Waals surface area contributed by atoms with Gasteiger partial charge in [-0.1, -0.05) is 13.8 Å². The van der Waals surface area contributed by atoms with Gasteiger partial charge in [-0.3, -0.25) is 5.10 Å². The van der Waals surface area contributed by atoms with Crippen LogP contribution in [-0.4, -0.2) is 33.0 Å². The molecule has 0 unspecified atom stereocenters. The number of thioether (sulfide) groups is 1. The number of H-pyrrole nitrogens is 1. The van der Waals surface area contributed by atoms with Crippen molar-refractivity contribution in [2.45, 2.75) is 18.9 Å². The number of nitrogens with one attached hydrogen (secondary N) is 2. The van der Waals surface area contributed by atoms with Crippen molar-refractivity contribution in [3.63, 3.8) is 0 Å². The molecule has 2 heterocycles. The third kappa shape index (κ3) is 2.27. The maximum absolute atomic E-state index is 4.44. The number of fused-ring (bicyclic) bond motifs is 1. The van der Waals surface area contributed by atoms with Gasteiger partial charge in [-0.05, 0) is 5.92 Å². The van der Waals surface area contributed by atoms with Crippen molar-refractivity contribution in [2.24, 2.45) is 5.92 Å². The van der Waals surface area contributed by atoms with Crippen LogP contribution in [-0.2, 0) is 0 Å². The zero-order valence-electron chi connectivity index (χ0n) is 9.61. The fourth-order valence-corrected chi connectivity index (χ4v) is 2.22. The van der Waals surface area contributed by atoms with E-state index in [-0.39, 0.29) is 0 Å². The van der Waals surface area contributed by atoms with E-state index >= 15 is 0 Å². The molecule has 2 rings (SSSR count). The summed E-state index contributed by atoms with van der Waals surface area (Å²) in [6, 6.07) is 0. The zero-order valence-corrected chi connectivity index (χ0v) is 10.4. The number of hydrogen-bond acceptors (Lipinski definition) is 5. The number of anilines is 1. The van der Waals surface area contributed by atoms with Crippen LogP contribution in [0.3, 0.4) is 0 Å². The third-order valence-corrected chi connectivity index (χ3v) is 3.47. The molecule has 0 saturated heterocycles. The summed E-state index contributed by atoms with van der Waals surface area (Å²) in [4.78, 5) is 8.73. The predicted octanol–water partition coefficient (Wildman–Crippen LogP) is 2.14. The van der Waals surface area contributed by atoms with Gasteiger partial charge in [-0.2, -0.15) is 10.1 Å². The van der Waals surface area contributed by atoms with E-state index in [1.54, 1.807) is 18.0 Å². The Bertz CT molecular complexity index is 479.